The smallest absolute Gasteiger partial charge is 0.193 e. The summed E-state index contributed by atoms with van der Waals surface area (Å²) in [6, 6.07) is 46.1. The Kier molecular flexibility index (Phi) is 5.41. The third kappa shape index (κ3) is 3.71. The molecule has 2 aromatic heterocycles. The number of carbonyl (C=O) groups is 1. The van der Waals surface area contributed by atoms with E-state index in [0.29, 0.717) is 11.1 Å². The predicted molar refractivity (Wildman–Crippen MR) is 174 cm³/mol. The summed E-state index contributed by atoms with van der Waals surface area (Å²) in [6.45, 7) is 4.25. The maximum atomic E-state index is 13.6. The largest absolute Gasteiger partial charge is 0.309 e. The van der Waals surface area contributed by atoms with Crippen molar-refractivity contribution in [1.29, 1.82) is 0 Å². The van der Waals surface area contributed by atoms with Gasteiger partial charge in [0.25, 0.3) is 0 Å². The minimum absolute atomic E-state index is 0.0174. The van der Waals surface area contributed by atoms with Gasteiger partial charge in [-0.3, -0.25) is 4.79 Å². The molecule has 0 aliphatic rings. The van der Waals surface area contributed by atoms with Gasteiger partial charge in [0.1, 0.15) is 0 Å². The minimum Gasteiger partial charge on any atom is -0.309 e. The van der Waals surface area contributed by atoms with Gasteiger partial charge in [-0.2, -0.15) is 0 Å². The Hall–Kier alpha value is -5.41. The number of aromatic nitrogens is 2. The maximum absolute atomic E-state index is 13.6. The van der Waals surface area contributed by atoms with Crippen molar-refractivity contribution in [2.45, 2.75) is 13.8 Å². The third-order valence-corrected chi connectivity index (χ3v) is 8.43. The quantitative estimate of drug-likeness (QED) is 0.204. The highest BCUT2D eigenvalue weighted by atomic mass is 16.1. The molecule has 0 saturated carbocycles. The molecule has 6 aromatic carbocycles. The Bertz CT molecular complexity index is 2150. The van der Waals surface area contributed by atoms with Gasteiger partial charge in [0.2, 0.25) is 0 Å². The molecular weight excluding hydrogens is 512 g/mol. The Labute approximate surface area is 243 Å². The molecular formula is C39H28N2O. The maximum Gasteiger partial charge on any atom is 0.193 e. The van der Waals surface area contributed by atoms with E-state index < -0.39 is 0 Å². The Balaban J connectivity index is 1.15. The first-order valence-electron chi connectivity index (χ1n) is 14.3. The van der Waals surface area contributed by atoms with Crippen LogP contribution in [0.15, 0.2) is 133 Å². The summed E-state index contributed by atoms with van der Waals surface area (Å²) in [6.07, 6.45) is 0. The first-order chi connectivity index (χ1) is 20.6. The van der Waals surface area contributed by atoms with Gasteiger partial charge >= 0.3 is 0 Å². The highest BCUT2D eigenvalue weighted by Gasteiger charge is 2.16. The predicted octanol–water partition coefficient (Wildman–Crippen LogP) is 9.73. The Morgan fingerprint density at radius 3 is 1.24 bits per heavy atom. The van der Waals surface area contributed by atoms with Gasteiger partial charge in [0, 0.05) is 44.0 Å². The van der Waals surface area contributed by atoms with Gasteiger partial charge in [-0.25, -0.2) is 0 Å². The fourth-order valence-electron chi connectivity index (χ4n) is 6.42. The fraction of sp³-hybridized carbons (Fsp3) is 0.0513. The van der Waals surface area contributed by atoms with E-state index in [9.17, 15) is 4.79 Å². The molecule has 0 aliphatic heterocycles. The summed E-state index contributed by atoms with van der Waals surface area (Å²) in [5, 5.41) is 4.94. The Morgan fingerprint density at radius 2 is 0.810 bits per heavy atom. The van der Waals surface area contributed by atoms with Crippen LogP contribution in [0.4, 0.5) is 0 Å². The van der Waals surface area contributed by atoms with Crippen LogP contribution in [0.25, 0.3) is 55.0 Å². The van der Waals surface area contributed by atoms with Crippen LogP contribution >= 0.6 is 0 Å². The van der Waals surface area contributed by atoms with Gasteiger partial charge < -0.3 is 9.13 Å². The molecule has 0 radical (unpaired) electrons. The van der Waals surface area contributed by atoms with Crippen molar-refractivity contribution >= 4 is 49.4 Å². The molecule has 2 heterocycles. The van der Waals surface area contributed by atoms with Crippen molar-refractivity contribution in [3.63, 3.8) is 0 Å². The number of fused-ring (bicyclic) bond motifs is 6. The van der Waals surface area contributed by atoms with E-state index in [4.69, 9.17) is 0 Å². The second-order valence-corrected chi connectivity index (χ2v) is 11.2. The molecule has 8 rings (SSSR count). The number of benzene rings is 6. The summed E-state index contributed by atoms with van der Waals surface area (Å²) >= 11 is 0. The topological polar surface area (TPSA) is 26.9 Å². The van der Waals surface area contributed by atoms with E-state index in [1.165, 1.54) is 32.7 Å². The normalized spacial score (nSPS) is 11.7. The molecule has 0 spiro atoms. The van der Waals surface area contributed by atoms with Crippen LogP contribution in [0.5, 0.6) is 0 Å². The number of hydrogen-bond donors (Lipinski definition) is 0. The number of para-hydroxylation sites is 2. The highest BCUT2D eigenvalue weighted by molar-refractivity contribution is 6.11. The zero-order valence-electron chi connectivity index (χ0n) is 23.5. The minimum atomic E-state index is 0.0174. The number of carbonyl (C=O) groups excluding carboxylic acids is 1. The summed E-state index contributed by atoms with van der Waals surface area (Å²) in [4.78, 5) is 13.6. The van der Waals surface area contributed by atoms with Gasteiger partial charge in [-0.1, -0.05) is 59.7 Å². The van der Waals surface area contributed by atoms with E-state index in [2.05, 4.69) is 108 Å². The molecule has 0 aliphatic carbocycles. The number of aryl methyl sites for hydroxylation is 2. The number of nitrogens with zero attached hydrogens (tertiary/aromatic N) is 2. The molecule has 3 nitrogen and oxygen atoms in total. The lowest BCUT2D eigenvalue weighted by atomic mass is 10.0. The number of ketones is 1. The van der Waals surface area contributed by atoms with Gasteiger partial charge in [-0.05, 0) is 98.8 Å². The Morgan fingerprint density at radius 1 is 0.429 bits per heavy atom. The highest BCUT2D eigenvalue weighted by Crippen LogP contribution is 2.34. The van der Waals surface area contributed by atoms with Crippen molar-refractivity contribution in [1.82, 2.24) is 9.13 Å². The molecule has 0 unspecified atom stereocenters. The first kappa shape index (κ1) is 24.4. The van der Waals surface area contributed by atoms with E-state index in [0.717, 1.165) is 33.4 Å². The first-order valence-corrected chi connectivity index (χ1v) is 14.3. The van der Waals surface area contributed by atoms with E-state index in [-0.39, 0.29) is 5.78 Å². The molecule has 0 atom stereocenters. The third-order valence-electron chi connectivity index (χ3n) is 8.43. The zero-order chi connectivity index (χ0) is 28.4. The molecule has 200 valence electrons. The second kappa shape index (κ2) is 9.32. The molecule has 8 aromatic rings. The van der Waals surface area contributed by atoms with Crippen LogP contribution in [0.2, 0.25) is 0 Å². The SMILES string of the molecule is Cc1ccc2c(c1)c1ccccc1n2-c1ccc(C(=O)c2ccc(-n3c4ccccc4c4cc(C)ccc43)cc2)cc1. The lowest BCUT2D eigenvalue weighted by molar-refractivity contribution is 0.103. The van der Waals surface area contributed by atoms with Crippen LogP contribution in [-0.4, -0.2) is 14.9 Å². The van der Waals surface area contributed by atoms with Crippen molar-refractivity contribution < 1.29 is 4.79 Å². The van der Waals surface area contributed by atoms with Crippen molar-refractivity contribution in [3.05, 3.63) is 156 Å². The van der Waals surface area contributed by atoms with E-state index >= 15 is 0 Å². The van der Waals surface area contributed by atoms with Crippen molar-refractivity contribution in [2.24, 2.45) is 0 Å². The monoisotopic (exact) mass is 540 g/mol. The van der Waals surface area contributed by atoms with Gasteiger partial charge in [0.05, 0.1) is 22.1 Å². The molecule has 0 N–H and O–H groups in total. The molecule has 0 amide bonds. The van der Waals surface area contributed by atoms with Crippen LogP contribution in [-0.2, 0) is 0 Å². The van der Waals surface area contributed by atoms with Crippen LogP contribution < -0.4 is 0 Å². The lowest BCUT2D eigenvalue weighted by Gasteiger charge is -2.10. The van der Waals surface area contributed by atoms with Gasteiger partial charge in [0.15, 0.2) is 5.78 Å². The lowest BCUT2D eigenvalue weighted by Crippen LogP contribution is -2.03. The average molecular weight is 541 g/mol. The van der Waals surface area contributed by atoms with Crippen LogP contribution in [0, 0.1) is 13.8 Å². The summed E-state index contributed by atoms with van der Waals surface area (Å²) in [7, 11) is 0. The molecule has 3 heteroatoms. The summed E-state index contributed by atoms with van der Waals surface area (Å²) in [5.74, 6) is 0.0174. The second-order valence-electron chi connectivity index (χ2n) is 11.2. The molecule has 0 fully saturated rings. The van der Waals surface area contributed by atoms with Crippen molar-refractivity contribution in [2.75, 3.05) is 0 Å². The van der Waals surface area contributed by atoms with E-state index in [1.54, 1.807) is 0 Å². The summed E-state index contributed by atoms with van der Waals surface area (Å²) < 4.78 is 4.56. The van der Waals surface area contributed by atoms with E-state index in [1.807, 2.05) is 48.5 Å². The van der Waals surface area contributed by atoms with Gasteiger partial charge in [-0.15, -0.1) is 0 Å². The molecule has 0 saturated heterocycles. The standard InChI is InChI=1S/C39H28N2O/c1-25-11-21-37-33(23-25)31-7-3-5-9-35(31)40(37)29-17-13-27(14-18-29)39(42)28-15-19-30(20-16-28)41-36-10-6-4-8-32(36)34-24-26(2)12-22-38(34)41/h3-24H,1-2H3. The molecule has 42 heavy (non-hydrogen) atoms. The van der Waals surface area contributed by atoms with Crippen LogP contribution in [0.3, 0.4) is 0 Å². The zero-order valence-corrected chi connectivity index (χ0v) is 23.5. The van der Waals surface area contributed by atoms with Crippen LogP contribution in [0.1, 0.15) is 27.0 Å². The molecule has 0 bridgehead atoms. The average Bonchev–Trinajstić information content (AvgIpc) is 3.53. The number of hydrogen-bond acceptors (Lipinski definition) is 1. The summed E-state index contributed by atoms with van der Waals surface area (Å²) in [5.41, 5.74) is 10.6. The number of rotatable bonds is 4. The fourth-order valence-corrected chi connectivity index (χ4v) is 6.42. The van der Waals surface area contributed by atoms with Crippen molar-refractivity contribution in [3.8, 4) is 11.4 Å².